The topological polar surface area (TPSA) is 237 Å². The summed E-state index contributed by atoms with van der Waals surface area (Å²) >= 11 is 0. The molecule has 17 nitrogen and oxygen atoms in total. The van der Waals surface area contributed by atoms with Crippen LogP contribution in [0.3, 0.4) is 0 Å². The van der Waals surface area contributed by atoms with Crippen LogP contribution in [0.5, 0.6) is 0 Å². The number of rotatable bonds is 69. The summed E-state index contributed by atoms with van der Waals surface area (Å²) in [7, 11) is -9.90. The van der Waals surface area contributed by atoms with E-state index in [9.17, 15) is 43.2 Å². The van der Waals surface area contributed by atoms with E-state index in [2.05, 4.69) is 55.4 Å². The van der Waals surface area contributed by atoms with Crippen LogP contribution in [0.1, 0.15) is 357 Å². The van der Waals surface area contributed by atoms with Crippen LogP contribution in [-0.4, -0.2) is 96.7 Å². The Morgan fingerprint density at radius 3 is 0.681 bits per heavy atom. The van der Waals surface area contributed by atoms with Gasteiger partial charge in [0.25, 0.3) is 0 Å². The summed E-state index contributed by atoms with van der Waals surface area (Å²) in [6.45, 7) is 14.1. The Morgan fingerprint density at radius 2 is 0.462 bits per heavy atom. The van der Waals surface area contributed by atoms with Crippen molar-refractivity contribution in [2.75, 3.05) is 39.6 Å². The van der Waals surface area contributed by atoms with Gasteiger partial charge in [0.1, 0.15) is 19.3 Å². The molecule has 0 aromatic carbocycles. The Labute approximate surface area is 556 Å². The van der Waals surface area contributed by atoms with Gasteiger partial charge in [-0.15, -0.1) is 0 Å². The fourth-order valence-corrected chi connectivity index (χ4v) is 12.4. The van der Waals surface area contributed by atoms with Crippen LogP contribution in [0.25, 0.3) is 0 Å². The molecule has 0 bridgehead atoms. The molecule has 0 saturated carbocycles. The number of hydrogen-bond acceptors (Lipinski definition) is 15. The lowest BCUT2D eigenvalue weighted by atomic mass is 10.0. The van der Waals surface area contributed by atoms with Gasteiger partial charge in [-0.3, -0.25) is 37.3 Å². The van der Waals surface area contributed by atoms with Gasteiger partial charge in [0.05, 0.1) is 26.4 Å². The summed E-state index contributed by atoms with van der Waals surface area (Å²) < 4.78 is 68.3. The molecule has 0 aliphatic carbocycles. The maximum absolute atomic E-state index is 13.0. The highest BCUT2D eigenvalue weighted by Crippen LogP contribution is 2.45. The van der Waals surface area contributed by atoms with E-state index in [4.69, 9.17) is 37.0 Å². The molecular weight excluding hydrogens is 1200 g/mol. The molecule has 91 heavy (non-hydrogen) atoms. The summed E-state index contributed by atoms with van der Waals surface area (Å²) in [5.74, 6) is 0.823. The molecule has 0 aromatic heterocycles. The van der Waals surface area contributed by atoms with E-state index in [1.54, 1.807) is 0 Å². The van der Waals surface area contributed by atoms with Crippen molar-refractivity contribution >= 4 is 39.5 Å². The molecule has 0 fully saturated rings. The normalized spacial score (nSPS) is 14.2. The Kier molecular flexibility index (Phi) is 60.3. The van der Waals surface area contributed by atoms with Gasteiger partial charge in [-0.25, -0.2) is 9.13 Å². The van der Waals surface area contributed by atoms with Gasteiger partial charge < -0.3 is 33.8 Å². The minimum absolute atomic E-state index is 0.105. The number of carbonyl (C=O) groups is 4. The van der Waals surface area contributed by atoms with Crippen molar-refractivity contribution in [2.45, 2.75) is 375 Å². The molecule has 3 N–H and O–H groups in total. The number of unbranched alkanes of at least 4 members (excludes halogenated alkanes) is 35. The fraction of sp³-hybridized carbons (Fsp3) is 0.944. The van der Waals surface area contributed by atoms with Gasteiger partial charge in [0.2, 0.25) is 0 Å². The van der Waals surface area contributed by atoms with Gasteiger partial charge in [-0.1, -0.05) is 306 Å². The Hall–Kier alpha value is -1.94. The molecule has 0 spiro atoms. The van der Waals surface area contributed by atoms with Crippen LogP contribution >= 0.6 is 15.6 Å². The maximum atomic E-state index is 13.0. The molecular formula is C72H140O17P2. The number of aliphatic hydroxyl groups is 1. The van der Waals surface area contributed by atoms with Crippen LogP contribution in [-0.2, 0) is 65.4 Å². The second kappa shape index (κ2) is 61.6. The lowest BCUT2D eigenvalue weighted by Gasteiger charge is -2.21. The highest BCUT2D eigenvalue weighted by molar-refractivity contribution is 7.47. The van der Waals surface area contributed by atoms with Crippen molar-refractivity contribution in [2.24, 2.45) is 23.7 Å². The smallest absolute Gasteiger partial charge is 0.462 e. The van der Waals surface area contributed by atoms with Crippen molar-refractivity contribution in [1.29, 1.82) is 0 Å². The zero-order chi connectivity index (χ0) is 67.5. The fourth-order valence-electron chi connectivity index (χ4n) is 10.8. The summed E-state index contributed by atoms with van der Waals surface area (Å²) in [6.07, 6.45) is 44.7. The zero-order valence-electron chi connectivity index (χ0n) is 59.5. The first kappa shape index (κ1) is 89.1. The summed E-state index contributed by atoms with van der Waals surface area (Å²) in [4.78, 5) is 72.6. The van der Waals surface area contributed by atoms with E-state index >= 15 is 0 Å². The van der Waals surface area contributed by atoms with E-state index in [0.29, 0.717) is 37.5 Å². The first-order chi connectivity index (χ1) is 43.6. The van der Waals surface area contributed by atoms with Crippen LogP contribution in [0, 0.1) is 23.7 Å². The van der Waals surface area contributed by atoms with Crippen molar-refractivity contribution in [3.63, 3.8) is 0 Å². The Balaban J connectivity index is 5.21. The molecule has 0 aromatic rings. The summed E-state index contributed by atoms with van der Waals surface area (Å²) in [5.41, 5.74) is 0. The van der Waals surface area contributed by atoms with Crippen LogP contribution in [0.2, 0.25) is 0 Å². The van der Waals surface area contributed by atoms with E-state index in [-0.39, 0.29) is 25.7 Å². The largest absolute Gasteiger partial charge is 0.472 e. The van der Waals surface area contributed by atoms with E-state index in [0.717, 1.165) is 115 Å². The van der Waals surface area contributed by atoms with Crippen LogP contribution in [0.15, 0.2) is 0 Å². The van der Waals surface area contributed by atoms with Crippen molar-refractivity contribution < 1.29 is 80.2 Å². The first-order valence-corrected chi connectivity index (χ1v) is 40.2. The number of ether oxygens (including phenoxy) is 4. The Morgan fingerprint density at radius 1 is 0.275 bits per heavy atom. The molecule has 0 amide bonds. The van der Waals surface area contributed by atoms with Gasteiger partial charge >= 0.3 is 39.5 Å². The minimum Gasteiger partial charge on any atom is -0.462 e. The highest BCUT2D eigenvalue weighted by atomic mass is 31.2. The van der Waals surface area contributed by atoms with Crippen molar-refractivity contribution in [3.05, 3.63) is 0 Å². The molecule has 0 heterocycles. The standard InChI is InChI=1S/C72H140O17P2/c1-62(2)48-40-32-24-19-15-12-10-9-11-13-17-21-27-38-46-54-71(76)88-67(58-82-69(74)52-44-36-29-23-26-34-42-50-64(5)6)60-86-90(78,79)84-56-66(73)57-85-91(80,81)87-61-68(59-83-70(75)53-45-37-31-30-35-43-51-65(7)8)89-72(77)55-47-39-28-22-18-14-16-20-25-33-41-49-63(3)4/h62-68,73H,9-61H2,1-8H3,(H,78,79)(H,80,81)/t66?,67-,68-/m1/s1. The molecule has 540 valence electrons. The Bertz CT molecular complexity index is 1800. The number of hydrogen-bond donors (Lipinski definition) is 3. The predicted molar refractivity (Wildman–Crippen MR) is 367 cm³/mol. The lowest BCUT2D eigenvalue weighted by molar-refractivity contribution is -0.161. The quantitative estimate of drug-likeness (QED) is 0.0222. The van der Waals surface area contributed by atoms with Crippen molar-refractivity contribution in [3.8, 4) is 0 Å². The van der Waals surface area contributed by atoms with E-state index < -0.39 is 97.5 Å². The third kappa shape index (κ3) is 66.5. The number of esters is 4. The average Bonchev–Trinajstić information content (AvgIpc) is 3.63. The molecule has 0 aliphatic rings. The van der Waals surface area contributed by atoms with Crippen molar-refractivity contribution in [1.82, 2.24) is 0 Å². The van der Waals surface area contributed by atoms with E-state index in [1.165, 1.54) is 148 Å². The molecule has 19 heteroatoms. The van der Waals surface area contributed by atoms with Crippen LogP contribution in [0.4, 0.5) is 0 Å². The third-order valence-corrected chi connectivity index (χ3v) is 18.5. The van der Waals surface area contributed by atoms with E-state index in [1.807, 2.05) is 0 Å². The lowest BCUT2D eigenvalue weighted by Crippen LogP contribution is -2.30. The number of carbonyl (C=O) groups excluding carboxylic acids is 4. The molecule has 3 unspecified atom stereocenters. The second-order valence-electron chi connectivity index (χ2n) is 27.9. The van der Waals surface area contributed by atoms with Crippen LogP contribution < -0.4 is 0 Å². The molecule has 5 atom stereocenters. The number of aliphatic hydroxyl groups excluding tert-OH is 1. The third-order valence-electron chi connectivity index (χ3n) is 16.6. The van der Waals surface area contributed by atoms with Gasteiger partial charge in [0.15, 0.2) is 12.2 Å². The molecule has 0 rings (SSSR count). The van der Waals surface area contributed by atoms with Gasteiger partial charge in [0, 0.05) is 25.7 Å². The zero-order valence-corrected chi connectivity index (χ0v) is 61.3. The van der Waals surface area contributed by atoms with Gasteiger partial charge in [-0.05, 0) is 49.4 Å². The van der Waals surface area contributed by atoms with Gasteiger partial charge in [-0.2, -0.15) is 0 Å². The highest BCUT2D eigenvalue weighted by Gasteiger charge is 2.30. The first-order valence-electron chi connectivity index (χ1n) is 37.2. The predicted octanol–water partition coefficient (Wildman–Crippen LogP) is 20.5. The number of phosphoric acid groups is 2. The molecule has 0 aliphatic heterocycles. The monoisotopic (exact) mass is 1340 g/mol. The molecule has 0 saturated heterocycles. The summed E-state index contributed by atoms with van der Waals surface area (Å²) in [5, 5.41) is 10.6. The maximum Gasteiger partial charge on any atom is 0.472 e. The second-order valence-corrected chi connectivity index (χ2v) is 30.8. The average molecular weight is 1340 g/mol. The minimum atomic E-state index is -4.95. The summed E-state index contributed by atoms with van der Waals surface area (Å²) in [6, 6.07) is 0. The molecule has 0 radical (unpaired) electrons. The SMILES string of the molecule is CC(C)CCCCCCCCCCCCCCCCCC(=O)O[C@H](COC(=O)CCCCCCCCCC(C)C)COP(=O)(O)OCC(O)COP(=O)(O)OC[C@@H](COC(=O)CCCCCCCCC(C)C)OC(=O)CCCCCCCCCCCCCC(C)C. The number of phosphoric ester groups is 2.